The summed E-state index contributed by atoms with van der Waals surface area (Å²) >= 11 is 0. The zero-order chi connectivity index (χ0) is 16.1. The SMILES string of the molecule is Cc1nc(-c2cnc3[nH]cc(C(=O)O)c3n2)c2ccc(F)cn12. The summed E-state index contributed by atoms with van der Waals surface area (Å²) in [4.78, 5) is 27.0. The van der Waals surface area contributed by atoms with Gasteiger partial charge in [0.2, 0.25) is 0 Å². The van der Waals surface area contributed by atoms with Crippen molar-refractivity contribution in [2.45, 2.75) is 6.92 Å². The molecule has 7 nitrogen and oxygen atoms in total. The van der Waals surface area contributed by atoms with Gasteiger partial charge in [0.25, 0.3) is 0 Å². The van der Waals surface area contributed by atoms with Crippen LogP contribution in [0, 0.1) is 12.7 Å². The molecule has 0 aromatic carbocycles. The van der Waals surface area contributed by atoms with E-state index in [2.05, 4.69) is 19.9 Å². The monoisotopic (exact) mass is 311 g/mol. The first-order valence-electron chi connectivity index (χ1n) is 6.76. The highest BCUT2D eigenvalue weighted by atomic mass is 19.1. The smallest absolute Gasteiger partial charge is 0.339 e. The molecular weight excluding hydrogens is 301 g/mol. The van der Waals surface area contributed by atoms with Crippen LogP contribution in [0.2, 0.25) is 0 Å². The van der Waals surface area contributed by atoms with Gasteiger partial charge in [0, 0.05) is 12.4 Å². The topological polar surface area (TPSA) is 96.2 Å². The Hall–Kier alpha value is -3.29. The Kier molecular flexibility index (Phi) is 2.68. The molecule has 0 saturated heterocycles. The standard InChI is InChI=1S/C15H10FN5O2/c1-7-19-13(11-3-2-8(16)6-21(7)11)10-5-18-14-12(20-10)9(4-17-14)15(22)23/h2-6H,1H3,(H,17,18)(H,22,23). The number of aromatic nitrogens is 5. The number of aromatic carboxylic acids is 1. The lowest BCUT2D eigenvalue weighted by Crippen LogP contribution is -1.96. The fourth-order valence-corrected chi connectivity index (χ4v) is 2.57. The van der Waals surface area contributed by atoms with E-state index in [1.807, 2.05) is 0 Å². The van der Waals surface area contributed by atoms with Crippen molar-refractivity contribution in [3.63, 3.8) is 0 Å². The Morgan fingerprint density at radius 1 is 1.35 bits per heavy atom. The highest BCUT2D eigenvalue weighted by Crippen LogP contribution is 2.25. The molecule has 0 bridgehead atoms. The Labute approximate surface area is 128 Å². The number of aryl methyl sites for hydroxylation is 1. The normalized spacial score (nSPS) is 11.4. The van der Waals surface area contributed by atoms with E-state index in [0.29, 0.717) is 28.4 Å². The molecule has 0 unspecified atom stereocenters. The van der Waals surface area contributed by atoms with Gasteiger partial charge in [0.15, 0.2) is 5.65 Å². The third kappa shape index (κ3) is 1.95. The van der Waals surface area contributed by atoms with Crippen LogP contribution in [0.3, 0.4) is 0 Å². The number of fused-ring (bicyclic) bond motifs is 2. The lowest BCUT2D eigenvalue weighted by atomic mass is 10.2. The van der Waals surface area contributed by atoms with Crippen LogP contribution in [-0.4, -0.2) is 35.4 Å². The zero-order valence-corrected chi connectivity index (χ0v) is 11.9. The Balaban J connectivity index is 1.99. The number of H-pyrrole nitrogens is 1. The third-order valence-electron chi connectivity index (χ3n) is 3.63. The molecule has 2 N–H and O–H groups in total. The van der Waals surface area contributed by atoms with Gasteiger partial charge >= 0.3 is 5.97 Å². The number of hydrogen-bond acceptors (Lipinski definition) is 4. The molecule has 4 aromatic rings. The minimum atomic E-state index is -1.09. The van der Waals surface area contributed by atoms with Crippen LogP contribution in [0.4, 0.5) is 4.39 Å². The number of pyridine rings is 1. The van der Waals surface area contributed by atoms with Crippen molar-refractivity contribution >= 4 is 22.6 Å². The minimum Gasteiger partial charge on any atom is -0.478 e. The minimum absolute atomic E-state index is 0.0423. The van der Waals surface area contributed by atoms with E-state index < -0.39 is 5.97 Å². The van der Waals surface area contributed by atoms with Crippen LogP contribution in [0.25, 0.3) is 28.1 Å². The molecule has 0 fully saturated rings. The summed E-state index contributed by atoms with van der Waals surface area (Å²) in [7, 11) is 0. The summed E-state index contributed by atoms with van der Waals surface area (Å²) in [6.45, 7) is 1.75. The van der Waals surface area contributed by atoms with E-state index in [1.54, 1.807) is 17.4 Å². The zero-order valence-electron chi connectivity index (χ0n) is 11.9. The number of halogens is 1. The van der Waals surface area contributed by atoms with Crippen LogP contribution >= 0.6 is 0 Å². The summed E-state index contributed by atoms with van der Waals surface area (Å²) in [6.07, 6.45) is 4.20. The van der Waals surface area contributed by atoms with E-state index in [9.17, 15) is 14.3 Å². The van der Waals surface area contributed by atoms with E-state index in [4.69, 9.17) is 0 Å². The molecule has 8 heteroatoms. The molecule has 0 aliphatic heterocycles. The van der Waals surface area contributed by atoms with Gasteiger partial charge in [-0.15, -0.1) is 0 Å². The number of hydrogen-bond donors (Lipinski definition) is 2. The van der Waals surface area contributed by atoms with Gasteiger partial charge < -0.3 is 14.5 Å². The molecule has 0 radical (unpaired) electrons. The average molecular weight is 311 g/mol. The second-order valence-electron chi connectivity index (χ2n) is 5.07. The first-order chi connectivity index (χ1) is 11.0. The van der Waals surface area contributed by atoms with Gasteiger partial charge in [-0.2, -0.15) is 0 Å². The molecule has 0 saturated carbocycles. The van der Waals surface area contributed by atoms with Crippen molar-refractivity contribution in [1.82, 2.24) is 24.3 Å². The van der Waals surface area contributed by atoms with Gasteiger partial charge in [-0.1, -0.05) is 0 Å². The fraction of sp³-hybridized carbons (Fsp3) is 0.0667. The Bertz CT molecular complexity index is 1080. The third-order valence-corrected chi connectivity index (χ3v) is 3.63. The second kappa shape index (κ2) is 4.60. The molecule has 23 heavy (non-hydrogen) atoms. The summed E-state index contributed by atoms with van der Waals surface area (Å²) in [5, 5.41) is 9.19. The van der Waals surface area contributed by atoms with E-state index in [-0.39, 0.29) is 16.9 Å². The Morgan fingerprint density at radius 2 is 2.17 bits per heavy atom. The molecule has 0 spiro atoms. The lowest BCUT2D eigenvalue weighted by Gasteiger charge is -1.99. The number of aromatic amines is 1. The van der Waals surface area contributed by atoms with Crippen LogP contribution in [-0.2, 0) is 0 Å². The van der Waals surface area contributed by atoms with Crippen LogP contribution in [0.5, 0.6) is 0 Å². The maximum atomic E-state index is 13.4. The molecule has 4 heterocycles. The number of carboxylic acids is 1. The summed E-state index contributed by atoms with van der Waals surface area (Å²) in [6, 6.07) is 2.94. The Morgan fingerprint density at radius 3 is 2.96 bits per heavy atom. The van der Waals surface area contributed by atoms with Crippen molar-refractivity contribution in [3.8, 4) is 11.4 Å². The molecule has 4 rings (SSSR count). The van der Waals surface area contributed by atoms with Crippen molar-refractivity contribution < 1.29 is 14.3 Å². The van der Waals surface area contributed by atoms with E-state index in [1.165, 1.54) is 24.7 Å². The van der Waals surface area contributed by atoms with Crippen LogP contribution < -0.4 is 0 Å². The van der Waals surface area contributed by atoms with Gasteiger partial charge in [-0.05, 0) is 19.1 Å². The predicted molar refractivity (Wildman–Crippen MR) is 79.7 cm³/mol. The molecule has 4 aromatic heterocycles. The first kappa shape index (κ1) is 13.4. The summed E-state index contributed by atoms with van der Waals surface area (Å²) in [5.41, 5.74) is 2.31. The van der Waals surface area contributed by atoms with Crippen molar-refractivity contribution in [2.75, 3.05) is 0 Å². The number of carbonyl (C=O) groups is 1. The molecule has 0 atom stereocenters. The number of imidazole rings is 1. The number of rotatable bonds is 2. The summed E-state index contributed by atoms with van der Waals surface area (Å²) in [5.74, 6) is -0.857. The maximum absolute atomic E-state index is 13.4. The quantitative estimate of drug-likeness (QED) is 0.592. The van der Waals surface area contributed by atoms with Gasteiger partial charge in [-0.3, -0.25) is 0 Å². The number of nitrogens with one attached hydrogen (secondary N) is 1. The molecule has 114 valence electrons. The van der Waals surface area contributed by atoms with E-state index in [0.717, 1.165) is 0 Å². The van der Waals surface area contributed by atoms with Gasteiger partial charge in [-0.25, -0.2) is 24.1 Å². The molecule has 0 aliphatic carbocycles. The second-order valence-corrected chi connectivity index (χ2v) is 5.07. The molecule has 0 aliphatic rings. The lowest BCUT2D eigenvalue weighted by molar-refractivity contribution is 0.0699. The van der Waals surface area contributed by atoms with Gasteiger partial charge in [0.1, 0.15) is 34.1 Å². The largest absolute Gasteiger partial charge is 0.478 e. The van der Waals surface area contributed by atoms with Crippen molar-refractivity contribution in [1.29, 1.82) is 0 Å². The first-order valence-corrected chi connectivity index (χ1v) is 6.76. The molecule has 0 amide bonds. The average Bonchev–Trinajstić information content (AvgIpc) is 3.08. The predicted octanol–water partition coefficient (Wildman–Crippen LogP) is 2.42. The maximum Gasteiger partial charge on any atom is 0.339 e. The highest BCUT2D eigenvalue weighted by Gasteiger charge is 2.17. The number of nitrogens with zero attached hydrogens (tertiary/aromatic N) is 4. The van der Waals surface area contributed by atoms with Crippen LogP contribution in [0.15, 0.2) is 30.7 Å². The van der Waals surface area contributed by atoms with E-state index >= 15 is 0 Å². The van der Waals surface area contributed by atoms with Gasteiger partial charge in [0.05, 0.1) is 11.7 Å². The fourth-order valence-electron chi connectivity index (χ4n) is 2.57. The van der Waals surface area contributed by atoms with Crippen LogP contribution in [0.1, 0.15) is 16.2 Å². The highest BCUT2D eigenvalue weighted by molar-refractivity contribution is 6.00. The van der Waals surface area contributed by atoms with Crippen molar-refractivity contribution in [2.24, 2.45) is 0 Å². The summed E-state index contributed by atoms with van der Waals surface area (Å²) < 4.78 is 15.0. The number of carboxylic acid groups (broad SMARTS) is 1. The van der Waals surface area contributed by atoms with Crippen molar-refractivity contribution in [3.05, 3.63) is 47.9 Å². The molecular formula is C15H10FN5O2.